The maximum absolute atomic E-state index is 12.9. The number of aliphatic hydroxyl groups excluding tert-OH is 2. The Morgan fingerprint density at radius 2 is 1.96 bits per heavy atom. The van der Waals surface area contributed by atoms with Crippen molar-refractivity contribution in [2.24, 2.45) is 22.2 Å². The minimum atomic E-state index is -1.47. The van der Waals surface area contributed by atoms with Crippen LogP contribution < -0.4 is 0 Å². The van der Waals surface area contributed by atoms with Gasteiger partial charge in [-0.15, -0.1) is 6.58 Å². The highest BCUT2D eigenvalue weighted by atomic mass is 16.3. The van der Waals surface area contributed by atoms with Crippen molar-refractivity contribution < 1.29 is 20.1 Å². The standard InChI is InChI=1S/C20H30O4/c1-5-18(4)8-9-20(24)13(11-18)14(22)10-15-17(2,3)7-6-16(23)19(15,20)12-21/h5,11,15-16,21,23-24H,1,6-10,12H2,2-4H3. The summed E-state index contributed by atoms with van der Waals surface area (Å²) < 4.78 is 0. The van der Waals surface area contributed by atoms with Gasteiger partial charge in [0.05, 0.1) is 18.1 Å². The molecule has 3 N–H and O–H groups in total. The minimum Gasteiger partial charge on any atom is -0.396 e. The first-order valence-corrected chi connectivity index (χ1v) is 8.98. The van der Waals surface area contributed by atoms with Crippen LogP contribution in [-0.2, 0) is 4.79 Å². The Bertz CT molecular complexity index is 607. The third-order valence-electron chi connectivity index (χ3n) is 7.35. The molecule has 3 aliphatic carbocycles. The summed E-state index contributed by atoms with van der Waals surface area (Å²) in [5, 5.41) is 33.0. The Morgan fingerprint density at radius 1 is 1.29 bits per heavy atom. The molecule has 0 saturated heterocycles. The van der Waals surface area contributed by atoms with Crippen LogP contribution in [0.5, 0.6) is 0 Å². The summed E-state index contributed by atoms with van der Waals surface area (Å²) in [5.74, 6) is -0.289. The zero-order chi connectivity index (χ0) is 18.0. The van der Waals surface area contributed by atoms with Crippen LogP contribution in [0.3, 0.4) is 0 Å². The number of hydrogen-bond acceptors (Lipinski definition) is 4. The van der Waals surface area contributed by atoms with Gasteiger partial charge in [-0.25, -0.2) is 0 Å². The number of fused-ring (bicyclic) bond motifs is 3. The molecular weight excluding hydrogens is 304 g/mol. The monoisotopic (exact) mass is 334 g/mol. The fourth-order valence-corrected chi connectivity index (χ4v) is 5.60. The van der Waals surface area contributed by atoms with Gasteiger partial charge >= 0.3 is 0 Å². The average molecular weight is 334 g/mol. The van der Waals surface area contributed by atoms with E-state index < -0.39 is 17.1 Å². The lowest BCUT2D eigenvalue weighted by Crippen LogP contribution is -2.71. The third kappa shape index (κ3) is 2.06. The molecule has 4 heteroatoms. The highest BCUT2D eigenvalue weighted by Crippen LogP contribution is 2.64. The van der Waals surface area contributed by atoms with Crippen LogP contribution in [0.4, 0.5) is 0 Å². The lowest BCUT2D eigenvalue weighted by atomic mass is 9.42. The second kappa shape index (κ2) is 5.26. The molecule has 5 atom stereocenters. The van der Waals surface area contributed by atoms with Crippen LogP contribution in [0.15, 0.2) is 24.3 Å². The summed E-state index contributed by atoms with van der Waals surface area (Å²) in [5.41, 5.74) is -2.72. The summed E-state index contributed by atoms with van der Waals surface area (Å²) in [6.07, 6.45) is 5.42. The lowest BCUT2D eigenvalue weighted by molar-refractivity contribution is -0.235. The van der Waals surface area contributed by atoms with Crippen molar-refractivity contribution in [3.63, 3.8) is 0 Å². The molecule has 4 nitrogen and oxygen atoms in total. The Labute approximate surface area is 144 Å². The molecule has 24 heavy (non-hydrogen) atoms. The first-order valence-electron chi connectivity index (χ1n) is 8.98. The molecule has 0 aliphatic heterocycles. The lowest BCUT2D eigenvalue weighted by Gasteiger charge is -2.64. The van der Waals surface area contributed by atoms with E-state index in [2.05, 4.69) is 20.4 Å². The van der Waals surface area contributed by atoms with Crippen molar-refractivity contribution in [2.45, 2.75) is 64.6 Å². The molecule has 0 radical (unpaired) electrons. The molecule has 2 fully saturated rings. The smallest absolute Gasteiger partial charge is 0.161 e. The number of rotatable bonds is 2. The molecule has 134 valence electrons. The van der Waals surface area contributed by atoms with Gasteiger partial charge in [0.1, 0.15) is 5.60 Å². The van der Waals surface area contributed by atoms with E-state index in [9.17, 15) is 20.1 Å². The van der Waals surface area contributed by atoms with Crippen LogP contribution >= 0.6 is 0 Å². The van der Waals surface area contributed by atoms with Gasteiger partial charge in [-0.3, -0.25) is 4.79 Å². The molecular formula is C20H30O4. The quantitative estimate of drug-likeness (QED) is 0.678. The van der Waals surface area contributed by atoms with Crippen molar-refractivity contribution in [3.05, 3.63) is 24.3 Å². The molecule has 3 aliphatic rings. The second-order valence-electron chi connectivity index (χ2n) is 9.05. The molecule has 0 aromatic rings. The van der Waals surface area contributed by atoms with Crippen LogP contribution in [0.1, 0.15) is 52.9 Å². The van der Waals surface area contributed by atoms with Crippen LogP contribution in [0, 0.1) is 22.2 Å². The van der Waals surface area contributed by atoms with Gasteiger partial charge in [-0.05, 0) is 37.0 Å². The molecule has 0 amide bonds. The SMILES string of the molecule is C=CC1(C)C=C2C(=O)CC3C(C)(C)CCC(O)C3(CO)C2(O)CC1. The minimum absolute atomic E-state index is 0.0541. The summed E-state index contributed by atoms with van der Waals surface area (Å²) in [6.45, 7) is 9.71. The Morgan fingerprint density at radius 3 is 2.54 bits per heavy atom. The van der Waals surface area contributed by atoms with Crippen LogP contribution in [0.25, 0.3) is 0 Å². The predicted octanol–water partition coefficient (Wildman–Crippen LogP) is 2.38. The second-order valence-corrected chi connectivity index (χ2v) is 9.05. The highest BCUT2D eigenvalue weighted by Gasteiger charge is 2.69. The first-order chi connectivity index (χ1) is 11.1. The van der Waals surface area contributed by atoms with Crippen molar-refractivity contribution in [3.8, 4) is 0 Å². The molecule has 5 unspecified atom stereocenters. The van der Waals surface area contributed by atoms with E-state index in [-0.39, 0.29) is 35.6 Å². The number of carbonyl (C=O) groups excluding carboxylic acids is 1. The van der Waals surface area contributed by atoms with Crippen LogP contribution in [0.2, 0.25) is 0 Å². The number of carbonyl (C=O) groups is 1. The van der Waals surface area contributed by atoms with Crippen molar-refractivity contribution in [2.75, 3.05) is 6.61 Å². The van der Waals surface area contributed by atoms with E-state index >= 15 is 0 Å². The van der Waals surface area contributed by atoms with Gasteiger partial charge in [0.25, 0.3) is 0 Å². The predicted molar refractivity (Wildman–Crippen MR) is 92.2 cm³/mol. The summed E-state index contributed by atoms with van der Waals surface area (Å²) in [4.78, 5) is 12.9. The van der Waals surface area contributed by atoms with Gasteiger partial charge in [-0.2, -0.15) is 0 Å². The highest BCUT2D eigenvalue weighted by molar-refractivity contribution is 5.99. The van der Waals surface area contributed by atoms with E-state index in [0.29, 0.717) is 24.8 Å². The summed E-state index contributed by atoms with van der Waals surface area (Å²) >= 11 is 0. The van der Waals surface area contributed by atoms with E-state index in [1.165, 1.54) is 0 Å². The fourth-order valence-electron chi connectivity index (χ4n) is 5.60. The topological polar surface area (TPSA) is 77.8 Å². The molecule has 0 heterocycles. The van der Waals surface area contributed by atoms with Crippen molar-refractivity contribution in [1.82, 2.24) is 0 Å². The Hall–Kier alpha value is -0.970. The van der Waals surface area contributed by atoms with E-state index in [1.807, 2.05) is 19.1 Å². The van der Waals surface area contributed by atoms with E-state index in [0.717, 1.165) is 6.42 Å². The van der Waals surface area contributed by atoms with Gasteiger partial charge in [-0.1, -0.05) is 32.9 Å². The molecule has 2 saturated carbocycles. The normalized spacial score (nSPS) is 47.4. The van der Waals surface area contributed by atoms with Gasteiger partial charge in [0, 0.05) is 17.4 Å². The maximum atomic E-state index is 12.9. The average Bonchev–Trinajstić information content (AvgIpc) is 2.53. The number of Topliss-reactive ketones (excluding diaryl/α,β-unsaturated/α-hetero) is 1. The Balaban J connectivity index is 2.23. The maximum Gasteiger partial charge on any atom is 0.161 e. The largest absolute Gasteiger partial charge is 0.396 e. The number of aliphatic hydroxyl groups is 3. The number of ketones is 1. The van der Waals surface area contributed by atoms with E-state index in [4.69, 9.17) is 0 Å². The van der Waals surface area contributed by atoms with Crippen LogP contribution in [-0.4, -0.2) is 39.4 Å². The van der Waals surface area contributed by atoms with E-state index in [1.54, 1.807) is 0 Å². The number of allylic oxidation sites excluding steroid dienone is 2. The molecule has 0 aromatic carbocycles. The van der Waals surface area contributed by atoms with Crippen molar-refractivity contribution in [1.29, 1.82) is 0 Å². The Kier molecular flexibility index (Phi) is 3.91. The zero-order valence-electron chi connectivity index (χ0n) is 15.0. The van der Waals surface area contributed by atoms with Crippen molar-refractivity contribution >= 4 is 5.78 Å². The molecule has 3 rings (SSSR count). The van der Waals surface area contributed by atoms with Gasteiger partial charge in [0.2, 0.25) is 0 Å². The first kappa shape index (κ1) is 17.8. The third-order valence-corrected chi connectivity index (χ3v) is 7.35. The molecule has 0 aromatic heterocycles. The van der Waals surface area contributed by atoms with Gasteiger partial charge < -0.3 is 15.3 Å². The summed E-state index contributed by atoms with van der Waals surface area (Å²) in [7, 11) is 0. The number of hydrogen-bond donors (Lipinski definition) is 3. The van der Waals surface area contributed by atoms with Gasteiger partial charge in [0.15, 0.2) is 5.78 Å². The fraction of sp³-hybridized carbons (Fsp3) is 0.750. The molecule has 0 bridgehead atoms. The zero-order valence-corrected chi connectivity index (χ0v) is 15.0. The molecule has 0 spiro atoms. The summed E-state index contributed by atoms with van der Waals surface area (Å²) in [6, 6.07) is 0.